The van der Waals surface area contributed by atoms with Crippen molar-refractivity contribution in [3.8, 4) is 11.5 Å². The molecular formula is C23H28N2O4. The Balaban J connectivity index is 1.70. The summed E-state index contributed by atoms with van der Waals surface area (Å²) >= 11 is 0. The van der Waals surface area contributed by atoms with E-state index >= 15 is 0 Å². The molecule has 6 nitrogen and oxygen atoms in total. The molecule has 0 bridgehead atoms. The third-order valence-electron chi connectivity index (χ3n) is 5.77. The minimum absolute atomic E-state index is 0.131. The van der Waals surface area contributed by atoms with Gasteiger partial charge < -0.3 is 19.1 Å². The van der Waals surface area contributed by atoms with Crippen molar-refractivity contribution < 1.29 is 19.0 Å². The lowest BCUT2D eigenvalue weighted by Gasteiger charge is -2.39. The van der Waals surface area contributed by atoms with Gasteiger partial charge in [0.2, 0.25) is 5.91 Å². The van der Waals surface area contributed by atoms with Crippen LogP contribution in [0.4, 0.5) is 0 Å². The average Bonchev–Trinajstić information content (AvgIpc) is 2.78. The van der Waals surface area contributed by atoms with E-state index in [0.717, 1.165) is 36.4 Å². The molecule has 1 amide bonds. The van der Waals surface area contributed by atoms with Gasteiger partial charge in [0.25, 0.3) is 0 Å². The number of amides is 1. The molecule has 2 aliphatic heterocycles. The fourth-order valence-corrected chi connectivity index (χ4v) is 4.25. The molecule has 154 valence electrons. The van der Waals surface area contributed by atoms with E-state index in [1.165, 1.54) is 5.56 Å². The molecule has 2 aromatic carbocycles. The molecule has 1 fully saturated rings. The van der Waals surface area contributed by atoms with E-state index in [4.69, 9.17) is 14.2 Å². The normalized spacial score (nSPS) is 19.5. The van der Waals surface area contributed by atoms with E-state index in [-0.39, 0.29) is 11.9 Å². The summed E-state index contributed by atoms with van der Waals surface area (Å²) in [5, 5.41) is 0. The number of nitrogens with zero attached hydrogens (tertiary/aromatic N) is 2. The van der Waals surface area contributed by atoms with E-state index in [0.29, 0.717) is 32.1 Å². The van der Waals surface area contributed by atoms with Crippen molar-refractivity contribution in [1.29, 1.82) is 0 Å². The molecule has 0 aliphatic carbocycles. The van der Waals surface area contributed by atoms with Crippen LogP contribution in [0.5, 0.6) is 11.5 Å². The van der Waals surface area contributed by atoms with Crippen LogP contribution in [0.2, 0.25) is 0 Å². The summed E-state index contributed by atoms with van der Waals surface area (Å²) in [6, 6.07) is 14.2. The zero-order valence-corrected chi connectivity index (χ0v) is 17.1. The largest absolute Gasteiger partial charge is 0.493 e. The maximum absolute atomic E-state index is 13.3. The highest BCUT2D eigenvalue weighted by Crippen LogP contribution is 2.41. The average molecular weight is 396 g/mol. The molecular weight excluding hydrogens is 368 g/mol. The lowest BCUT2D eigenvalue weighted by Crippen LogP contribution is -2.48. The van der Waals surface area contributed by atoms with Gasteiger partial charge in [-0.1, -0.05) is 30.3 Å². The van der Waals surface area contributed by atoms with Crippen LogP contribution in [-0.2, 0) is 16.0 Å². The number of fused-ring (bicyclic) bond motifs is 1. The number of benzene rings is 2. The molecule has 1 unspecified atom stereocenters. The summed E-state index contributed by atoms with van der Waals surface area (Å²) < 4.78 is 16.5. The van der Waals surface area contributed by atoms with Crippen LogP contribution in [0.15, 0.2) is 42.5 Å². The summed E-state index contributed by atoms with van der Waals surface area (Å²) in [4.78, 5) is 17.5. The minimum Gasteiger partial charge on any atom is -0.493 e. The molecule has 0 aromatic heterocycles. The number of carbonyl (C=O) groups is 1. The minimum atomic E-state index is -0.131. The fourth-order valence-electron chi connectivity index (χ4n) is 4.25. The van der Waals surface area contributed by atoms with Gasteiger partial charge in [-0.25, -0.2) is 0 Å². The van der Waals surface area contributed by atoms with Gasteiger partial charge in [-0.05, 0) is 35.2 Å². The Morgan fingerprint density at radius 3 is 2.41 bits per heavy atom. The number of ether oxygens (including phenoxy) is 3. The van der Waals surface area contributed by atoms with E-state index in [1.807, 2.05) is 35.2 Å². The first-order valence-corrected chi connectivity index (χ1v) is 10.1. The van der Waals surface area contributed by atoms with Gasteiger partial charge in [0.15, 0.2) is 11.5 Å². The molecule has 4 rings (SSSR count). The van der Waals surface area contributed by atoms with Gasteiger partial charge in [0.05, 0.1) is 40.0 Å². The van der Waals surface area contributed by atoms with E-state index in [2.05, 4.69) is 17.0 Å². The molecule has 0 radical (unpaired) electrons. The van der Waals surface area contributed by atoms with Crippen LogP contribution in [0.1, 0.15) is 22.7 Å². The number of methoxy groups -OCH3 is 2. The molecule has 0 saturated carbocycles. The summed E-state index contributed by atoms with van der Waals surface area (Å²) in [6.07, 6.45) is 0.799. The predicted molar refractivity (Wildman–Crippen MR) is 111 cm³/mol. The lowest BCUT2D eigenvalue weighted by atomic mass is 9.87. The first kappa shape index (κ1) is 19.7. The van der Waals surface area contributed by atoms with Gasteiger partial charge in [0.1, 0.15) is 0 Å². The van der Waals surface area contributed by atoms with Crippen molar-refractivity contribution >= 4 is 5.91 Å². The molecule has 0 spiro atoms. The molecule has 29 heavy (non-hydrogen) atoms. The number of hydrogen-bond acceptors (Lipinski definition) is 5. The summed E-state index contributed by atoms with van der Waals surface area (Å²) in [6.45, 7) is 4.10. The smallest absolute Gasteiger partial charge is 0.237 e. The first-order valence-electron chi connectivity index (χ1n) is 10.1. The zero-order chi connectivity index (χ0) is 20.2. The van der Waals surface area contributed by atoms with Crippen LogP contribution in [0.3, 0.4) is 0 Å². The Bertz CT molecular complexity index is 849. The van der Waals surface area contributed by atoms with Crippen LogP contribution in [-0.4, -0.2) is 69.3 Å². The molecule has 2 aliphatic rings. The summed E-state index contributed by atoms with van der Waals surface area (Å²) in [5.74, 6) is 1.57. The number of carbonyl (C=O) groups excluding carboxylic acids is 1. The van der Waals surface area contributed by atoms with Crippen molar-refractivity contribution in [2.45, 2.75) is 12.5 Å². The van der Waals surface area contributed by atoms with Crippen LogP contribution in [0, 0.1) is 0 Å². The molecule has 6 heteroatoms. The van der Waals surface area contributed by atoms with E-state index in [9.17, 15) is 4.79 Å². The molecule has 1 atom stereocenters. The van der Waals surface area contributed by atoms with Crippen molar-refractivity contribution in [3.05, 3.63) is 59.2 Å². The third kappa shape index (κ3) is 4.09. The van der Waals surface area contributed by atoms with Gasteiger partial charge in [-0.2, -0.15) is 0 Å². The molecule has 0 N–H and O–H groups in total. The van der Waals surface area contributed by atoms with Crippen LogP contribution in [0.25, 0.3) is 0 Å². The Morgan fingerprint density at radius 2 is 1.72 bits per heavy atom. The number of morpholine rings is 1. The topological polar surface area (TPSA) is 51.2 Å². The molecule has 2 aromatic rings. The Hall–Kier alpha value is -2.57. The van der Waals surface area contributed by atoms with E-state index in [1.54, 1.807) is 14.2 Å². The highest BCUT2D eigenvalue weighted by Gasteiger charge is 2.34. The van der Waals surface area contributed by atoms with Crippen molar-refractivity contribution in [3.63, 3.8) is 0 Å². The second-order valence-corrected chi connectivity index (χ2v) is 7.44. The number of hydrogen-bond donors (Lipinski definition) is 0. The van der Waals surface area contributed by atoms with Crippen molar-refractivity contribution in [1.82, 2.24) is 9.80 Å². The zero-order valence-electron chi connectivity index (χ0n) is 17.1. The van der Waals surface area contributed by atoms with Gasteiger partial charge in [0, 0.05) is 19.6 Å². The third-order valence-corrected chi connectivity index (χ3v) is 5.77. The predicted octanol–water partition coefficient (Wildman–Crippen LogP) is 2.51. The van der Waals surface area contributed by atoms with Crippen LogP contribution >= 0.6 is 0 Å². The van der Waals surface area contributed by atoms with Crippen molar-refractivity contribution in [2.24, 2.45) is 0 Å². The second-order valence-electron chi connectivity index (χ2n) is 7.44. The summed E-state index contributed by atoms with van der Waals surface area (Å²) in [5.41, 5.74) is 3.42. The van der Waals surface area contributed by atoms with Gasteiger partial charge >= 0.3 is 0 Å². The highest BCUT2D eigenvalue weighted by atomic mass is 16.5. The van der Waals surface area contributed by atoms with Gasteiger partial charge in [-0.15, -0.1) is 0 Å². The van der Waals surface area contributed by atoms with E-state index < -0.39 is 0 Å². The first-order chi connectivity index (χ1) is 14.2. The second kappa shape index (κ2) is 8.84. The molecule has 2 heterocycles. The monoisotopic (exact) mass is 396 g/mol. The Labute approximate surface area is 172 Å². The summed E-state index contributed by atoms with van der Waals surface area (Å²) in [7, 11) is 3.30. The fraction of sp³-hybridized carbons (Fsp3) is 0.435. The Morgan fingerprint density at radius 1 is 1.03 bits per heavy atom. The van der Waals surface area contributed by atoms with Crippen molar-refractivity contribution in [2.75, 3.05) is 53.6 Å². The standard InChI is InChI=1S/C23H28N2O4/c1-27-20-14-18-8-9-25(22(26)16-24-10-12-29-13-11-24)23(17-6-4-3-5-7-17)19(18)15-21(20)28-2/h3-7,14-15,23H,8-13,16H2,1-2H3. The SMILES string of the molecule is COc1cc2c(cc1OC)C(c1ccccc1)N(C(=O)CN1CCOCC1)CC2. The van der Waals surface area contributed by atoms with Gasteiger partial charge in [-0.3, -0.25) is 9.69 Å². The quantitative estimate of drug-likeness (QED) is 0.777. The number of rotatable bonds is 5. The lowest BCUT2D eigenvalue weighted by molar-refractivity contribution is -0.135. The maximum Gasteiger partial charge on any atom is 0.237 e. The highest BCUT2D eigenvalue weighted by molar-refractivity contribution is 5.80. The maximum atomic E-state index is 13.3. The van der Waals surface area contributed by atoms with Crippen LogP contribution < -0.4 is 9.47 Å². The molecule has 1 saturated heterocycles. The Kier molecular flexibility index (Phi) is 6.02.